The van der Waals surface area contributed by atoms with Crippen LogP contribution >= 0.6 is 23.5 Å². The Hall–Kier alpha value is 0.170. The van der Waals surface area contributed by atoms with Crippen molar-refractivity contribution in [3.8, 4) is 0 Å². The summed E-state index contributed by atoms with van der Waals surface area (Å²) in [5, 5.41) is 0. The molecule has 0 unspecified atom stereocenters. The van der Waals surface area contributed by atoms with E-state index in [1.807, 2.05) is 25.6 Å². The van der Waals surface area contributed by atoms with E-state index < -0.39 is 0 Å². The molecule has 0 amide bonds. The van der Waals surface area contributed by atoms with E-state index in [9.17, 15) is 4.79 Å². The van der Waals surface area contributed by atoms with E-state index in [0.29, 0.717) is 6.61 Å². The van der Waals surface area contributed by atoms with Gasteiger partial charge in [-0.15, -0.1) is 0 Å². The number of esters is 1. The van der Waals surface area contributed by atoms with E-state index in [0.717, 1.165) is 23.0 Å². The molecule has 0 aromatic carbocycles. The number of thioether (sulfide) groups is 2. The third-order valence-corrected chi connectivity index (χ3v) is 4.69. The molecule has 0 heterocycles. The van der Waals surface area contributed by atoms with Crippen LogP contribution < -0.4 is 0 Å². The van der Waals surface area contributed by atoms with Crippen LogP contribution in [0.5, 0.6) is 0 Å². The van der Waals surface area contributed by atoms with Crippen LogP contribution in [-0.2, 0) is 9.53 Å². The van der Waals surface area contributed by atoms with Crippen LogP contribution in [0.15, 0.2) is 0 Å². The molecule has 0 rings (SSSR count). The molecule has 17 heavy (non-hydrogen) atoms. The smallest absolute Gasteiger partial charge is 0.312 e. The molecule has 0 fully saturated rings. The first-order valence-corrected chi connectivity index (χ1v) is 8.68. The number of hydrogen-bond acceptors (Lipinski definition) is 4. The molecule has 0 aliphatic rings. The predicted molar refractivity (Wildman–Crippen MR) is 80.0 cm³/mol. The Kier molecular flexibility index (Phi) is 10.2. The molecule has 2 nitrogen and oxygen atoms in total. The minimum Gasteiger partial charge on any atom is -0.464 e. The molecule has 4 heteroatoms. The monoisotopic (exact) mass is 278 g/mol. The highest BCUT2D eigenvalue weighted by Crippen LogP contribution is 2.24. The van der Waals surface area contributed by atoms with Gasteiger partial charge in [0.2, 0.25) is 0 Å². The maximum atomic E-state index is 11.8. The maximum absolute atomic E-state index is 11.8. The molecular weight excluding hydrogens is 252 g/mol. The third kappa shape index (κ3) is 8.83. The lowest BCUT2D eigenvalue weighted by Crippen LogP contribution is -2.30. The summed E-state index contributed by atoms with van der Waals surface area (Å²) in [5.41, 5.74) is -0.352. The Morgan fingerprint density at radius 3 is 2.47 bits per heavy atom. The first kappa shape index (κ1) is 17.2. The molecule has 102 valence electrons. The fourth-order valence-electron chi connectivity index (χ4n) is 1.17. The average Bonchev–Trinajstić information content (AvgIpc) is 2.30. The normalized spacial score (nSPS) is 11.5. The lowest BCUT2D eigenvalue weighted by atomic mass is 9.97. The first-order valence-electron chi connectivity index (χ1n) is 6.37. The zero-order chi connectivity index (χ0) is 13.1. The van der Waals surface area contributed by atoms with Gasteiger partial charge in [0.15, 0.2) is 0 Å². The minimum absolute atomic E-state index is 0.0572. The van der Waals surface area contributed by atoms with Gasteiger partial charge >= 0.3 is 5.97 Å². The standard InChI is InChI=1S/C13H26O2S2/c1-5-7-9-17-11-13(3,4)12(14)15-8-10-16-6-2/h5-11H2,1-4H3. The highest BCUT2D eigenvalue weighted by molar-refractivity contribution is 7.99. The number of unbranched alkanes of at least 4 members (excludes halogenated alkanes) is 1. The lowest BCUT2D eigenvalue weighted by molar-refractivity contribution is -0.151. The van der Waals surface area contributed by atoms with Gasteiger partial charge in [0.1, 0.15) is 6.61 Å². The quantitative estimate of drug-likeness (QED) is 0.448. The Morgan fingerprint density at radius 1 is 1.18 bits per heavy atom. The topological polar surface area (TPSA) is 26.3 Å². The molecule has 0 aliphatic heterocycles. The Bertz CT molecular complexity index is 206. The zero-order valence-electron chi connectivity index (χ0n) is 11.6. The highest BCUT2D eigenvalue weighted by Gasteiger charge is 2.28. The van der Waals surface area contributed by atoms with Gasteiger partial charge in [-0.25, -0.2) is 0 Å². The van der Waals surface area contributed by atoms with Crippen molar-refractivity contribution in [2.75, 3.05) is 29.6 Å². The van der Waals surface area contributed by atoms with Crippen LogP contribution in [0.2, 0.25) is 0 Å². The second-order valence-corrected chi connectivity index (χ2v) is 7.12. The molecule has 0 saturated carbocycles. The van der Waals surface area contributed by atoms with Gasteiger partial charge in [0, 0.05) is 11.5 Å². The minimum atomic E-state index is -0.352. The van der Waals surface area contributed by atoms with E-state index in [2.05, 4.69) is 13.8 Å². The van der Waals surface area contributed by atoms with Gasteiger partial charge in [-0.3, -0.25) is 4.79 Å². The van der Waals surface area contributed by atoms with Crippen LogP contribution in [0.3, 0.4) is 0 Å². The first-order chi connectivity index (χ1) is 8.04. The lowest BCUT2D eigenvalue weighted by Gasteiger charge is -2.22. The molecule has 0 N–H and O–H groups in total. The number of ether oxygens (including phenoxy) is 1. The second kappa shape index (κ2) is 10.1. The summed E-state index contributed by atoms with van der Waals surface area (Å²) < 4.78 is 5.29. The van der Waals surface area contributed by atoms with Crippen molar-refractivity contribution in [1.82, 2.24) is 0 Å². The van der Waals surface area contributed by atoms with Gasteiger partial charge in [-0.1, -0.05) is 20.3 Å². The van der Waals surface area contributed by atoms with Crippen molar-refractivity contribution in [2.24, 2.45) is 5.41 Å². The summed E-state index contributed by atoms with van der Waals surface area (Å²) >= 11 is 3.65. The fourth-order valence-corrected chi connectivity index (χ4v) is 2.92. The van der Waals surface area contributed by atoms with Crippen LogP contribution in [0, 0.1) is 5.41 Å². The Balaban J connectivity index is 3.74. The van der Waals surface area contributed by atoms with Crippen molar-refractivity contribution < 1.29 is 9.53 Å². The average molecular weight is 278 g/mol. The fraction of sp³-hybridized carbons (Fsp3) is 0.923. The highest BCUT2D eigenvalue weighted by atomic mass is 32.2. The van der Waals surface area contributed by atoms with Crippen molar-refractivity contribution >= 4 is 29.5 Å². The second-order valence-electron chi connectivity index (χ2n) is 4.62. The summed E-state index contributed by atoms with van der Waals surface area (Å²) in [6.45, 7) is 8.79. The number of carbonyl (C=O) groups excluding carboxylic acids is 1. The van der Waals surface area contributed by atoms with E-state index >= 15 is 0 Å². The predicted octanol–water partition coefficient (Wildman–Crippen LogP) is 3.84. The molecule has 0 spiro atoms. The van der Waals surface area contributed by atoms with Crippen LogP contribution in [-0.4, -0.2) is 35.6 Å². The summed E-state index contributed by atoms with van der Waals surface area (Å²) in [5.74, 6) is 3.92. The molecule has 0 saturated heterocycles. The largest absolute Gasteiger partial charge is 0.464 e. The molecule has 0 radical (unpaired) electrons. The van der Waals surface area contributed by atoms with Crippen molar-refractivity contribution in [3.05, 3.63) is 0 Å². The van der Waals surface area contributed by atoms with E-state index in [4.69, 9.17) is 4.74 Å². The van der Waals surface area contributed by atoms with Crippen LogP contribution in [0.4, 0.5) is 0 Å². The van der Waals surface area contributed by atoms with Gasteiger partial charge in [0.05, 0.1) is 5.41 Å². The van der Waals surface area contributed by atoms with E-state index in [-0.39, 0.29) is 11.4 Å². The molecule has 0 aromatic heterocycles. The van der Waals surface area contributed by atoms with E-state index in [1.165, 1.54) is 12.8 Å². The zero-order valence-corrected chi connectivity index (χ0v) is 13.2. The SMILES string of the molecule is CCCCSCC(C)(C)C(=O)OCCSCC. The summed E-state index contributed by atoms with van der Waals surface area (Å²) in [4.78, 5) is 11.8. The molecule has 0 aliphatic carbocycles. The number of carbonyl (C=O) groups is 1. The van der Waals surface area contributed by atoms with Crippen molar-refractivity contribution in [2.45, 2.75) is 40.5 Å². The van der Waals surface area contributed by atoms with Gasteiger partial charge in [0.25, 0.3) is 0 Å². The number of hydrogen-bond donors (Lipinski definition) is 0. The molecule has 0 bridgehead atoms. The number of rotatable bonds is 10. The van der Waals surface area contributed by atoms with E-state index in [1.54, 1.807) is 11.8 Å². The van der Waals surface area contributed by atoms with Gasteiger partial charge in [-0.2, -0.15) is 23.5 Å². The molecule has 0 aromatic rings. The van der Waals surface area contributed by atoms with Crippen LogP contribution in [0.25, 0.3) is 0 Å². The van der Waals surface area contributed by atoms with Crippen LogP contribution in [0.1, 0.15) is 40.5 Å². The molecule has 0 atom stereocenters. The van der Waals surface area contributed by atoms with Gasteiger partial charge < -0.3 is 4.74 Å². The third-order valence-electron chi connectivity index (χ3n) is 2.32. The summed E-state index contributed by atoms with van der Waals surface area (Å²) in [7, 11) is 0. The molecular formula is C13H26O2S2. The maximum Gasteiger partial charge on any atom is 0.312 e. The van der Waals surface area contributed by atoms with Crippen molar-refractivity contribution in [3.63, 3.8) is 0 Å². The summed E-state index contributed by atoms with van der Waals surface area (Å²) in [6, 6.07) is 0. The Morgan fingerprint density at radius 2 is 1.88 bits per heavy atom. The van der Waals surface area contributed by atoms with Crippen molar-refractivity contribution in [1.29, 1.82) is 0 Å². The van der Waals surface area contributed by atoms with Gasteiger partial charge in [-0.05, 0) is 31.8 Å². The summed E-state index contributed by atoms with van der Waals surface area (Å²) in [6.07, 6.45) is 2.44. The Labute approximate surface area is 115 Å².